The number of hydrogen-bond acceptors (Lipinski definition) is 4. The molecule has 0 unspecified atom stereocenters. The molecule has 1 aliphatic heterocycles. The molecule has 1 aromatic carbocycles. The van der Waals surface area contributed by atoms with Crippen LogP contribution in [0.3, 0.4) is 0 Å². The van der Waals surface area contributed by atoms with Crippen molar-refractivity contribution >= 4 is 17.6 Å². The van der Waals surface area contributed by atoms with Gasteiger partial charge < -0.3 is 9.84 Å². The van der Waals surface area contributed by atoms with Crippen LogP contribution in [0.15, 0.2) is 17.1 Å². The normalized spacial score (nSPS) is 15.7. The van der Waals surface area contributed by atoms with Gasteiger partial charge in [0.05, 0.1) is 5.69 Å². The van der Waals surface area contributed by atoms with Crippen molar-refractivity contribution in [3.05, 3.63) is 28.8 Å². The second-order valence-electron chi connectivity index (χ2n) is 7.65. The van der Waals surface area contributed by atoms with Crippen molar-refractivity contribution in [3.63, 3.8) is 0 Å². The van der Waals surface area contributed by atoms with E-state index in [0.29, 0.717) is 12.1 Å². The topological polar surface area (TPSA) is 62.1 Å². The molecule has 5 nitrogen and oxygen atoms in total. The zero-order valence-corrected chi connectivity index (χ0v) is 16.9. The van der Waals surface area contributed by atoms with Crippen LogP contribution in [0.4, 0.5) is 32.0 Å². The van der Waals surface area contributed by atoms with Gasteiger partial charge >= 0.3 is 12.4 Å². The number of carbonyl (C=O) groups is 1. The Bertz CT molecular complexity index is 816. The molecule has 0 aliphatic carbocycles. The Kier molecular flexibility index (Phi) is 6.19. The number of carbonyl (C=O) groups excluding carboxylic acids is 1. The van der Waals surface area contributed by atoms with Gasteiger partial charge in [0.1, 0.15) is 0 Å². The molecule has 1 N–H and O–H groups in total. The fourth-order valence-corrected chi connectivity index (χ4v) is 3.21. The zero-order valence-electron chi connectivity index (χ0n) is 16.9. The number of amidine groups is 1. The van der Waals surface area contributed by atoms with Gasteiger partial charge in [0.25, 0.3) is 17.5 Å². The van der Waals surface area contributed by atoms with E-state index in [9.17, 15) is 36.2 Å². The van der Waals surface area contributed by atoms with Crippen LogP contribution < -0.4 is 4.90 Å². The molecular formula is C19H22F6N2O3. The van der Waals surface area contributed by atoms with Crippen LogP contribution in [-0.2, 0) is 15.1 Å². The summed E-state index contributed by atoms with van der Waals surface area (Å²) in [6, 6.07) is 1.28. The number of amides is 1. The van der Waals surface area contributed by atoms with Gasteiger partial charge in [0, 0.05) is 12.6 Å². The lowest BCUT2D eigenvalue weighted by Crippen LogP contribution is -2.54. The van der Waals surface area contributed by atoms with E-state index in [-0.39, 0.29) is 29.4 Å². The summed E-state index contributed by atoms with van der Waals surface area (Å²) in [5.41, 5.74) is -5.88. The van der Waals surface area contributed by atoms with Gasteiger partial charge in [-0.25, -0.2) is 0 Å². The molecule has 0 saturated carbocycles. The molecule has 30 heavy (non-hydrogen) atoms. The zero-order chi connectivity index (χ0) is 23.2. The summed E-state index contributed by atoms with van der Waals surface area (Å²) >= 11 is 0. The predicted molar refractivity (Wildman–Crippen MR) is 97.4 cm³/mol. The van der Waals surface area contributed by atoms with Crippen molar-refractivity contribution in [1.82, 2.24) is 0 Å². The molecule has 0 fully saturated rings. The minimum atomic E-state index is -5.99. The number of aliphatic imine (C=N–C) groups is 1. The Morgan fingerprint density at radius 1 is 1.00 bits per heavy atom. The first-order valence-corrected chi connectivity index (χ1v) is 9.04. The van der Waals surface area contributed by atoms with Crippen molar-refractivity contribution < 1.29 is 41.0 Å². The van der Waals surface area contributed by atoms with Crippen LogP contribution in [0.1, 0.15) is 56.2 Å². The number of anilines is 1. The van der Waals surface area contributed by atoms with Gasteiger partial charge in [0.2, 0.25) is 0 Å². The average molecular weight is 440 g/mol. The number of rotatable bonds is 4. The maximum Gasteiger partial charge on any atom is 0.430 e. The highest BCUT2D eigenvalue weighted by Gasteiger charge is 2.71. The lowest BCUT2D eigenvalue weighted by Gasteiger charge is -2.35. The first kappa shape index (κ1) is 24.0. The number of ether oxygens (including phenoxy) is 1. The van der Waals surface area contributed by atoms with Crippen molar-refractivity contribution in [2.24, 2.45) is 4.99 Å². The Balaban J connectivity index is 2.85. The number of benzene rings is 1. The summed E-state index contributed by atoms with van der Waals surface area (Å²) in [5, 5.41) is 9.89. The summed E-state index contributed by atoms with van der Waals surface area (Å²) in [6.45, 7) is 6.03. The first-order valence-electron chi connectivity index (χ1n) is 9.04. The Hall–Kier alpha value is -2.30. The number of aliphatic hydroxyl groups is 1. The second-order valence-corrected chi connectivity index (χ2v) is 7.65. The molecule has 168 valence electrons. The van der Waals surface area contributed by atoms with Crippen LogP contribution in [0.25, 0.3) is 0 Å². The maximum absolute atomic E-state index is 13.4. The molecule has 1 heterocycles. The minimum Gasteiger partial charge on any atom is -0.454 e. The van der Waals surface area contributed by atoms with Crippen LogP contribution in [-0.4, -0.2) is 43.0 Å². The van der Waals surface area contributed by atoms with Crippen molar-refractivity contribution in [3.8, 4) is 0 Å². The van der Waals surface area contributed by atoms with Crippen LogP contribution in [0.5, 0.6) is 0 Å². The first-order chi connectivity index (χ1) is 13.5. The summed E-state index contributed by atoms with van der Waals surface area (Å²) in [6.07, 6.45) is -12.0. The van der Waals surface area contributed by atoms with Crippen molar-refractivity contribution in [2.75, 3.05) is 18.6 Å². The maximum atomic E-state index is 13.4. The fraction of sp³-hybridized carbons (Fsp3) is 0.579. The second kappa shape index (κ2) is 7.75. The molecule has 2 rings (SSSR count). The third-order valence-corrected chi connectivity index (χ3v) is 4.82. The van der Waals surface area contributed by atoms with Crippen molar-refractivity contribution in [1.29, 1.82) is 0 Å². The van der Waals surface area contributed by atoms with Crippen LogP contribution in [0.2, 0.25) is 0 Å². The Labute approximate surface area is 169 Å². The van der Waals surface area contributed by atoms with E-state index < -0.39 is 41.3 Å². The summed E-state index contributed by atoms with van der Waals surface area (Å²) in [4.78, 5) is 16.4. The predicted octanol–water partition coefficient (Wildman–Crippen LogP) is 4.59. The summed E-state index contributed by atoms with van der Waals surface area (Å²) in [7, 11) is 1.45. The quantitative estimate of drug-likeness (QED) is 0.696. The van der Waals surface area contributed by atoms with E-state index in [1.807, 2.05) is 0 Å². The van der Waals surface area contributed by atoms with E-state index in [1.54, 1.807) is 27.7 Å². The van der Waals surface area contributed by atoms with Gasteiger partial charge in [-0.1, -0.05) is 27.7 Å². The SMILES string of the molecule is CC(C)c1cc(C(O)(C(F)(F)F)C(F)(F)F)cc(C(C)C)c1N(C)C1=NC(=O)CO1. The molecule has 11 heteroatoms. The molecule has 1 amide bonds. The van der Waals surface area contributed by atoms with Crippen molar-refractivity contribution in [2.45, 2.75) is 57.5 Å². The third-order valence-electron chi connectivity index (χ3n) is 4.82. The standard InChI is InChI=1S/C19H22F6N2O3/c1-9(2)12-6-11(17(29,18(20,21)22)19(23,24)25)7-13(10(3)4)15(12)27(5)16-26-14(28)8-30-16/h6-7,9-10,29H,8H2,1-5H3. The smallest absolute Gasteiger partial charge is 0.430 e. The molecular weight excluding hydrogens is 418 g/mol. The van der Waals surface area contributed by atoms with Gasteiger partial charge in [0.15, 0.2) is 6.61 Å². The van der Waals surface area contributed by atoms with Crippen LogP contribution in [0, 0.1) is 0 Å². The van der Waals surface area contributed by atoms with E-state index in [0.717, 1.165) is 0 Å². The molecule has 1 aromatic rings. The number of nitrogens with zero attached hydrogens (tertiary/aromatic N) is 2. The Morgan fingerprint density at radius 2 is 1.43 bits per heavy atom. The van der Waals surface area contributed by atoms with E-state index in [2.05, 4.69) is 4.99 Å². The highest BCUT2D eigenvalue weighted by Crippen LogP contribution is 2.52. The third kappa shape index (κ3) is 3.99. The lowest BCUT2D eigenvalue weighted by atomic mass is 9.83. The highest BCUT2D eigenvalue weighted by molar-refractivity contribution is 6.04. The number of halogens is 6. The van der Waals surface area contributed by atoms with Gasteiger partial charge in [-0.15, -0.1) is 0 Å². The van der Waals surface area contributed by atoms with E-state index in [1.165, 1.54) is 11.9 Å². The minimum absolute atomic E-state index is 0.108. The van der Waals surface area contributed by atoms with Gasteiger partial charge in [-0.2, -0.15) is 31.3 Å². The molecule has 0 aromatic heterocycles. The van der Waals surface area contributed by atoms with Gasteiger partial charge in [-0.3, -0.25) is 9.69 Å². The fourth-order valence-electron chi connectivity index (χ4n) is 3.21. The molecule has 0 atom stereocenters. The molecule has 1 aliphatic rings. The summed E-state index contributed by atoms with van der Waals surface area (Å²) < 4.78 is 85.8. The van der Waals surface area contributed by atoms with E-state index >= 15 is 0 Å². The molecule has 0 radical (unpaired) electrons. The number of alkyl halides is 6. The largest absolute Gasteiger partial charge is 0.454 e. The number of hydrogen-bond donors (Lipinski definition) is 1. The van der Waals surface area contributed by atoms with Crippen LogP contribution >= 0.6 is 0 Å². The summed E-state index contributed by atoms with van der Waals surface area (Å²) in [5.74, 6) is -1.61. The van der Waals surface area contributed by atoms with E-state index in [4.69, 9.17) is 4.74 Å². The average Bonchev–Trinajstić information content (AvgIpc) is 3.03. The highest BCUT2D eigenvalue weighted by atomic mass is 19.4. The molecule has 0 spiro atoms. The monoisotopic (exact) mass is 440 g/mol. The molecule has 0 bridgehead atoms. The molecule has 0 saturated heterocycles. The van der Waals surface area contributed by atoms with Gasteiger partial charge in [-0.05, 0) is 35.1 Å². The lowest BCUT2D eigenvalue weighted by molar-refractivity contribution is -0.376. The Morgan fingerprint density at radius 3 is 1.73 bits per heavy atom.